The molecular formula is C16H18N2O. The first-order chi connectivity index (χ1) is 9.20. The van der Waals surface area contributed by atoms with E-state index in [0.717, 1.165) is 11.3 Å². The summed E-state index contributed by atoms with van der Waals surface area (Å²) in [4.78, 5) is 18.1. The van der Waals surface area contributed by atoms with Gasteiger partial charge in [-0.3, -0.25) is 9.78 Å². The van der Waals surface area contributed by atoms with Crippen molar-refractivity contribution in [2.45, 2.75) is 20.3 Å². The number of hydrogen-bond donors (Lipinski definition) is 0. The second kappa shape index (κ2) is 6.14. The third-order valence-electron chi connectivity index (χ3n) is 3.03. The number of hydrogen-bond acceptors (Lipinski definition) is 2. The fourth-order valence-electron chi connectivity index (χ4n) is 2.12. The molecule has 0 N–H and O–H groups in total. The summed E-state index contributed by atoms with van der Waals surface area (Å²) in [6, 6.07) is 11.8. The number of aromatic nitrogens is 1. The molecule has 98 valence electrons. The number of rotatable bonds is 4. The predicted octanol–water partition coefficient (Wildman–Crippen LogP) is 2.99. The van der Waals surface area contributed by atoms with E-state index in [1.165, 1.54) is 5.56 Å². The Labute approximate surface area is 113 Å². The maximum absolute atomic E-state index is 12.4. The van der Waals surface area contributed by atoms with Gasteiger partial charge in [0.2, 0.25) is 5.91 Å². The maximum Gasteiger partial charge on any atom is 0.231 e. The molecular weight excluding hydrogens is 236 g/mol. The highest BCUT2D eigenvalue weighted by Gasteiger charge is 2.14. The summed E-state index contributed by atoms with van der Waals surface area (Å²) in [5.74, 6) is 0.110. The number of carbonyl (C=O) groups excluding carboxylic acids is 1. The summed E-state index contributed by atoms with van der Waals surface area (Å²) in [6.45, 7) is 4.68. The number of benzene rings is 1. The zero-order chi connectivity index (χ0) is 13.7. The van der Waals surface area contributed by atoms with E-state index < -0.39 is 0 Å². The van der Waals surface area contributed by atoms with E-state index in [4.69, 9.17) is 0 Å². The van der Waals surface area contributed by atoms with Crippen molar-refractivity contribution in [3.05, 3.63) is 59.9 Å². The fraction of sp³-hybridized carbons (Fsp3) is 0.250. The second-order valence-electron chi connectivity index (χ2n) is 4.51. The Kier molecular flexibility index (Phi) is 4.29. The van der Waals surface area contributed by atoms with E-state index in [0.29, 0.717) is 13.0 Å². The van der Waals surface area contributed by atoms with Gasteiger partial charge in [-0.2, -0.15) is 0 Å². The van der Waals surface area contributed by atoms with Gasteiger partial charge in [-0.25, -0.2) is 0 Å². The largest absolute Gasteiger partial charge is 0.312 e. The number of likely N-dealkylation sites (N-methyl/N-ethyl adjacent to an activating group) is 1. The third-order valence-corrected chi connectivity index (χ3v) is 3.03. The predicted molar refractivity (Wildman–Crippen MR) is 77.1 cm³/mol. The highest BCUT2D eigenvalue weighted by molar-refractivity contribution is 5.94. The minimum atomic E-state index is 0.110. The van der Waals surface area contributed by atoms with Gasteiger partial charge in [0.15, 0.2) is 0 Å². The lowest BCUT2D eigenvalue weighted by Crippen LogP contribution is -2.31. The van der Waals surface area contributed by atoms with Crippen LogP contribution < -0.4 is 4.90 Å². The smallest absolute Gasteiger partial charge is 0.231 e. The van der Waals surface area contributed by atoms with Crippen LogP contribution in [0.25, 0.3) is 0 Å². The van der Waals surface area contributed by atoms with Crippen molar-refractivity contribution in [1.82, 2.24) is 4.98 Å². The molecule has 2 rings (SSSR count). The molecule has 19 heavy (non-hydrogen) atoms. The van der Waals surface area contributed by atoms with Gasteiger partial charge >= 0.3 is 0 Å². The van der Waals surface area contributed by atoms with Crippen molar-refractivity contribution in [3.8, 4) is 0 Å². The van der Waals surface area contributed by atoms with Crippen molar-refractivity contribution in [1.29, 1.82) is 0 Å². The summed E-state index contributed by atoms with van der Waals surface area (Å²) in [7, 11) is 0. The van der Waals surface area contributed by atoms with E-state index in [9.17, 15) is 4.79 Å². The molecule has 0 unspecified atom stereocenters. The topological polar surface area (TPSA) is 33.2 Å². The number of nitrogens with zero attached hydrogens (tertiary/aromatic N) is 2. The van der Waals surface area contributed by atoms with Gasteiger partial charge in [-0.05, 0) is 31.5 Å². The lowest BCUT2D eigenvalue weighted by Gasteiger charge is -2.21. The average Bonchev–Trinajstić information content (AvgIpc) is 2.41. The van der Waals surface area contributed by atoms with E-state index in [-0.39, 0.29) is 5.91 Å². The lowest BCUT2D eigenvalue weighted by molar-refractivity contribution is -0.117. The minimum Gasteiger partial charge on any atom is -0.312 e. The summed E-state index contributed by atoms with van der Waals surface area (Å²) >= 11 is 0. The molecule has 0 aliphatic heterocycles. The second-order valence-corrected chi connectivity index (χ2v) is 4.51. The van der Waals surface area contributed by atoms with E-state index in [1.807, 2.05) is 44.2 Å². The normalized spacial score (nSPS) is 10.2. The summed E-state index contributed by atoms with van der Waals surface area (Å²) in [5, 5.41) is 0. The quantitative estimate of drug-likeness (QED) is 0.840. The molecule has 0 saturated heterocycles. The van der Waals surface area contributed by atoms with Crippen LogP contribution in [0.3, 0.4) is 0 Å². The molecule has 0 fully saturated rings. The van der Waals surface area contributed by atoms with Crippen LogP contribution in [-0.2, 0) is 11.2 Å². The van der Waals surface area contributed by atoms with Crippen molar-refractivity contribution in [3.63, 3.8) is 0 Å². The lowest BCUT2D eigenvalue weighted by atomic mass is 10.1. The van der Waals surface area contributed by atoms with Gasteiger partial charge in [-0.1, -0.05) is 29.8 Å². The summed E-state index contributed by atoms with van der Waals surface area (Å²) in [5.41, 5.74) is 3.13. The van der Waals surface area contributed by atoms with Crippen LogP contribution in [0.5, 0.6) is 0 Å². The van der Waals surface area contributed by atoms with Gasteiger partial charge in [0.1, 0.15) is 0 Å². The molecule has 0 saturated carbocycles. The van der Waals surface area contributed by atoms with Crippen molar-refractivity contribution in [2.24, 2.45) is 0 Å². The zero-order valence-electron chi connectivity index (χ0n) is 11.3. The van der Waals surface area contributed by atoms with Crippen molar-refractivity contribution in [2.75, 3.05) is 11.4 Å². The molecule has 0 atom stereocenters. The first-order valence-corrected chi connectivity index (χ1v) is 6.46. The number of pyridine rings is 1. The maximum atomic E-state index is 12.4. The Morgan fingerprint density at radius 2 is 1.95 bits per heavy atom. The Bertz CT molecular complexity index is 552. The third kappa shape index (κ3) is 3.41. The Balaban J connectivity index is 2.14. The van der Waals surface area contributed by atoms with Crippen molar-refractivity contribution >= 4 is 11.6 Å². The van der Waals surface area contributed by atoms with Gasteiger partial charge in [0.25, 0.3) is 0 Å². The molecule has 1 amide bonds. The van der Waals surface area contributed by atoms with Crippen LogP contribution in [-0.4, -0.2) is 17.4 Å². The highest BCUT2D eigenvalue weighted by Crippen LogP contribution is 2.14. The number of anilines is 1. The number of aryl methyl sites for hydroxylation is 1. The summed E-state index contributed by atoms with van der Waals surface area (Å²) in [6.07, 6.45) is 3.84. The minimum absolute atomic E-state index is 0.110. The first-order valence-electron chi connectivity index (χ1n) is 6.46. The molecule has 0 radical (unpaired) electrons. The fourth-order valence-corrected chi connectivity index (χ4v) is 2.12. The molecule has 0 bridgehead atoms. The molecule has 3 heteroatoms. The van der Waals surface area contributed by atoms with Gasteiger partial charge < -0.3 is 4.90 Å². The Morgan fingerprint density at radius 3 is 2.58 bits per heavy atom. The molecule has 0 spiro atoms. The zero-order valence-corrected chi connectivity index (χ0v) is 11.3. The number of amides is 1. The van der Waals surface area contributed by atoms with Crippen LogP contribution >= 0.6 is 0 Å². The molecule has 2 aromatic rings. The SMILES string of the molecule is CCN(C(=O)Cc1cccc(C)c1)c1ccncc1. The Morgan fingerprint density at radius 1 is 1.21 bits per heavy atom. The van der Waals surface area contributed by atoms with Crippen LogP contribution in [0.1, 0.15) is 18.1 Å². The van der Waals surface area contributed by atoms with Gasteiger partial charge in [-0.15, -0.1) is 0 Å². The molecule has 1 aromatic heterocycles. The van der Waals surface area contributed by atoms with Gasteiger partial charge in [0, 0.05) is 24.6 Å². The van der Waals surface area contributed by atoms with E-state index in [1.54, 1.807) is 17.3 Å². The highest BCUT2D eigenvalue weighted by atomic mass is 16.2. The average molecular weight is 254 g/mol. The van der Waals surface area contributed by atoms with E-state index >= 15 is 0 Å². The molecule has 1 aromatic carbocycles. The molecule has 0 aliphatic rings. The van der Waals surface area contributed by atoms with Crippen molar-refractivity contribution < 1.29 is 4.79 Å². The first kappa shape index (κ1) is 13.3. The Hall–Kier alpha value is -2.16. The van der Waals surface area contributed by atoms with E-state index in [2.05, 4.69) is 11.1 Å². The summed E-state index contributed by atoms with van der Waals surface area (Å²) < 4.78 is 0. The monoisotopic (exact) mass is 254 g/mol. The van der Waals surface area contributed by atoms with Crippen LogP contribution in [0, 0.1) is 6.92 Å². The van der Waals surface area contributed by atoms with Crippen LogP contribution in [0.15, 0.2) is 48.8 Å². The number of carbonyl (C=O) groups is 1. The van der Waals surface area contributed by atoms with Gasteiger partial charge in [0.05, 0.1) is 6.42 Å². The van der Waals surface area contributed by atoms with Crippen LogP contribution in [0.4, 0.5) is 5.69 Å². The van der Waals surface area contributed by atoms with Crippen LogP contribution in [0.2, 0.25) is 0 Å². The molecule has 0 aliphatic carbocycles. The molecule has 1 heterocycles. The molecule has 3 nitrogen and oxygen atoms in total. The standard InChI is InChI=1S/C16H18N2O/c1-3-18(15-7-9-17-10-8-15)16(19)12-14-6-4-5-13(2)11-14/h4-11H,3,12H2,1-2H3.